The van der Waals surface area contributed by atoms with Crippen molar-refractivity contribution in [3.63, 3.8) is 0 Å². The van der Waals surface area contributed by atoms with Gasteiger partial charge in [0.1, 0.15) is 0 Å². The Morgan fingerprint density at radius 1 is 1.17 bits per heavy atom. The van der Waals surface area contributed by atoms with Crippen LogP contribution in [0.3, 0.4) is 0 Å². The molecule has 2 aromatic rings. The van der Waals surface area contributed by atoms with Gasteiger partial charge in [-0.1, -0.05) is 15.9 Å². The molecule has 0 atom stereocenters. The Bertz CT molecular complexity index is 557. The van der Waals surface area contributed by atoms with Crippen LogP contribution in [0.2, 0.25) is 0 Å². The van der Waals surface area contributed by atoms with Crippen LogP contribution in [-0.2, 0) is 0 Å². The Morgan fingerprint density at radius 3 is 2.56 bits per heavy atom. The Balaban J connectivity index is 2.03. The number of halogens is 1. The highest BCUT2D eigenvalue weighted by atomic mass is 79.9. The minimum atomic E-state index is -0.272. The Morgan fingerprint density at radius 2 is 1.89 bits per heavy atom. The van der Waals surface area contributed by atoms with E-state index in [-0.39, 0.29) is 6.03 Å². The number of nitrogens with one attached hydrogen (secondary N) is 2. The summed E-state index contributed by atoms with van der Waals surface area (Å²) in [5, 5.41) is 5.53. The summed E-state index contributed by atoms with van der Waals surface area (Å²) in [4.78, 5) is 15.6. The molecule has 0 fully saturated rings. The van der Waals surface area contributed by atoms with Crippen molar-refractivity contribution in [2.75, 3.05) is 10.6 Å². The zero-order chi connectivity index (χ0) is 13.0. The Hall–Kier alpha value is -1.88. The number of carbonyl (C=O) groups excluding carboxylic acids is 1. The lowest BCUT2D eigenvalue weighted by Crippen LogP contribution is -2.19. The molecule has 0 aliphatic heterocycles. The summed E-state index contributed by atoms with van der Waals surface area (Å²) in [5.74, 6) is 0. The second kappa shape index (κ2) is 5.64. The molecule has 0 aliphatic carbocycles. The highest BCUT2D eigenvalue weighted by Crippen LogP contribution is 2.20. The van der Waals surface area contributed by atoms with E-state index < -0.39 is 0 Å². The first kappa shape index (κ1) is 12.6. The number of benzene rings is 1. The summed E-state index contributed by atoms with van der Waals surface area (Å²) in [7, 11) is 0. The van der Waals surface area contributed by atoms with Crippen LogP contribution in [-0.4, -0.2) is 11.0 Å². The first-order valence-corrected chi connectivity index (χ1v) is 6.18. The van der Waals surface area contributed by atoms with E-state index in [2.05, 4.69) is 31.5 Å². The quantitative estimate of drug-likeness (QED) is 0.886. The average molecular weight is 306 g/mol. The first-order valence-electron chi connectivity index (χ1n) is 5.39. The molecule has 0 aliphatic rings. The Kier molecular flexibility index (Phi) is 3.94. The predicted molar refractivity (Wildman–Crippen MR) is 75.8 cm³/mol. The van der Waals surface area contributed by atoms with Crippen molar-refractivity contribution in [1.82, 2.24) is 4.98 Å². The molecular weight excluding hydrogens is 294 g/mol. The van der Waals surface area contributed by atoms with Crippen LogP contribution in [0.25, 0.3) is 0 Å². The monoisotopic (exact) mass is 305 g/mol. The summed E-state index contributed by atoms with van der Waals surface area (Å²) in [6.45, 7) is 1.94. The predicted octanol–water partition coefficient (Wildman–Crippen LogP) is 3.80. The van der Waals surface area contributed by atoms with E-state index in [0.717, 1.165) is 15.7 Å². The van der Waals surface area contributed by atoms with Crippen LogP contribution in [0.1, 0.15) is 5.56 Å². The van der Waals surface area contributed by atoms with E-state index in [1.807, 2.05) is 25.1 Å². The number of rotatable bonds is 2. The fraction of sp³-hybridized carbons (Fsp3) is 0.0769. The van der Waals surface area contributed by atoms with Gasteiger partial charge in [-0.3, -0.25) is 4.98 Å². The summed E-state index contributed by atoms with van der Waals surface area (Å²) in [6.07, 6.45) is 3.25. The zero-order valence-electron chi connectivity index (χ0n) is 9.77. The SMILES string of the molecule is Cc1cc(Br)ccc1NC(=O)Nc1ccncc1. The number of carbonyl (C=O) groups is 1. The normalized spacial score (nSPS) is 9.89. The third-order valence-electron chi connectivity index (χ3n) is 2.37. The molecule has 1 aromatic carbocycles. The van der Waals surface area contributed by atoms with Crippen LogP contribution in [0.4, 0.5) is 16.2 Å². The topological polar surface area (TPSA) is 54.0 Å². The maximum Gasteiger partial charge on any atom is 0.323 e. The number of pyridine rings is 1. The molecule has 1 heterocycles. The fourth-order valence-corrected chi connectivity index (χ4v) is 1.96. The molecule has 0 saturated carbocycles. The highest BCUT2D eigenvalue weighted by Gasteiger charge is 2.04. The molecule has 0 bridgehead atoms. The molecule has 0 unspecified atom stereocenters. The number of aromatic nitrogens is 1. The lowest BCUT2D eigenvalue weighted by Gasteiger charge is -2.09. The maximum atomic E-state index is 11.8. The molecule has 2 N–H and O–H groups in total. The number of hydrogen-bond donors (Lipinski definition) is 2. The van der Waals surface area contributed by atoms with Gasteiger partial charge in [-0.15, -0.1) is 0 Å². The third kappa shape index (κ3) is 3.30. The fourth-order valence-electron chi connectivity index (χ4n) is 1.49. The van der Waals surface area contributed by atoms with E-state index in [0.29, 0.717) is 5.69 Å². The number of anilines is 2. The van der Waals surface area contributed by atoms with Crippen molar-refractivity contribution >= 4 is 33.3 Å². The minimum absolute atomic E-state index is 0.272. The number of nitrogens with zero attached hydrogens (tertiary/aromatic N) is 1. The molecule has 4 nitrogen and oxygen atoms in total. The largest absolute Gasteiger partial charge is 0.323 e. The van der Waals surface area contributed by atoms with E-state index in [1.54, 1.807) is 24.5 Å². The van der Waals surface area contributed by atoms with Gasteiger partial charge in [0.2, 0.25) is 0 Å². The van der Waals surface area contributed by atoms with Crippen molar-refractivity contribution in [2.45, 2.75) is 6.92 Å². The van der Waals surface area contributed by atoms with Gasteiger partial charge in [0.05, 0.1) is 0 Å². The summed E-state index contributed by atoms with van der Waals surface area (Å²) >= 11 is 3.38. The van der Waals surface area contributed by atoms with Gasteiger partial charge in [-0.05, 0) is 42.8 Å². The van der Waals surface area contributed by atoms with Crippen molar-refractivity contribution in [1.29, 1.82) is 0 Å². The molecule has 18 heavy (non-hydrogen) atoms. The van der Waals surface area contributed by atoms with Crippen LogP contribution in [0.5, 0.6) is 0 Å². The van der Waals surface area contributed by atoms with Crippen molar-refractivity contribution in [3.05, 3.63) is 52.8 Å². The van der Waals surface area contributed by atoms with Gasteiger partial charge < -0.3 is 10.6 Å². The van der Waals surface area contributed by atoms with E-state index in [1.165, 1.54) is 0 Å². The summed E-state index contributed by atoms with van der Waals surface area (Å²) in [5.41, 5.74) is 2.48. The smallest absolute Gasteiger partial charge is 0.308 e. The molecular formula is C13H12BrN3O. The van der Waals surface area contributed by atoms with Crippen molar-refractivity contribution in [3.8, 4) is 0 Å². The van der Waals surface area contributed by atoms with Gasteiger partial charge in [-0.2, -0.15) is 0 Å². The maximum absolute atomic E-state index is 11.8. The van der Waals surface area contributed by atoms with E-state index in [9.17, 15) is 4.79 Å². The van der Waals surface area contributed by atoms with E-state index >= 15 is 0 Å². The molecule has 5 heteroatoms. The van der Waals surface area contributed by atoms with Gasteiger partial charge in [0.25, 0.3) is 0 Å². The first-order chi connectivity index (χ1) is 8.65. The highest BCUT2D eigenvalue weighted by molar-refractivity contribution is 9.10. The van der Waals surface area contributed by atoms with Gasteiger partial charge in [0, 0.05) is 28.2 Å². The average Bonchev–Trinajstić information content (AvgIpc) is 2.34. The number of amides is 2. The van der Waals surface area contributed by atoms with Crippen LogP contribution in [0.15, 0.2) is 47.2 Å². The number of aryl methyl sites for hydroxylation is 1. The third-order valence-corrected chi connectivity index (χ3v) is 2.87. The Labute approximate surface area is 114 Å². The molecule has 0 radical (unpaired) electrons. The standard InChI is InChI=1S/C13H12BrN3O/c1-9-8-10(14)2-3-12(9)17-13(18)16-11-4-6-15-7-5-11/h2-8H,1H3,(H2,15,16,17,18). The van der Waals surface area contributed by atoms with Gasteiger partial charge in [-0.25, -0.2) is 4.79 Å². The van der Waals surface area contributed by atoms with Crippen LogP contribution >= 0.6 is 15.9 Å². The molecule has 2 amide bonds. The second-order valence-electron chi connectivity index (χ2n) is 3.77. The van der Waals surface area contributed by atoms with Gasteiger partial charge in [0.15, 0.2) is 0 Å². The second-order valence-corrected chi connectivity index (χ2v) is 4.69. The summed E-state index contributed by atoms with van der Waals surface area (Å²) in [6, 6.07) is 8.87. The van der Waals surface area contributed by atoms with Crippen LogP contribution < -0.4 is 10.6 Å². The molecule has 2 rings (SSSR count). The van der Waals surface area contributed by atoms with Crippen LogP contribution in [0, 0.1) is 6.92 Å². The number of urea groups is 1. The van der Waals surface area contributed by atoms with Crippen molar-refractivity contribution < 1.29 is 4.79 Å². The minimum Gasteiger partial charge on any atom is -0.308 e. The lowest BCUT2D eigenvalue weighted by atomic mass is 10.2. The molecule has 1 aromatic heterocycles. The zero-order valence-corrected chi connectivity index (χ0v) is 11.4. The summed E-state index contributed by atoms with van der Waals surface area (Å²) < 4.78 is 0.986. The van der Waals surface area contributed by atoms with E-state index in [4.69, 9.17) is 0 Å². The van der Waals surface area contributed by atoms with Gasteiger partial charge >= 0.3 is 6.03 Å². The lowest BCUT2D eigenvalue weighted by molar-refractivity contribution is 0.262. The molecule has 0 spiro atoms. The van der Waals surface area contributed by atoms with Crippen molar-refractivity contribution in [2.24, 2.45) is 0 Å². The number of hydrogen-bond acceptors (Lipinski definition) is 2. The molecule has 0 saturated heterocycles. The molecule has 92 valence electrons.